The van der Waals surface area contributed by atoms with Crippen LogP contribution in [0.3, 0.4) is 0 Å². The van der Waals surface area contributed by atoms with Crippen molar-refractivity contribution in [3.8, 4) is 0 Å². The van der Waals surface area contributed by atoms with Crippen molar-refractivity contribution >= 4 is 57.1 Å². The van der Waals surface area contributed by atoms with Gasteiger partial charge in [-0.1, -0.05) is 47.8 Å². The monoisotopic (exact) mass is 612 g/mol. The van der Waals surface area contributed by atoms with Crippen LogP contribution in [0.25, 0.3) is 23.3 Å². The molecule has 1 aliphatic heterocycles. The van der Waals surface area contributed by atoms with Crippen molar-refractivity contribution < 1.29 is 9.59 Å². The van der Waals surface area contributed by atoms with Crippen LogP contribution in [0.4, 0.5) is 0 Å². The molecule has 4 N–H and O–H groups in total. The minimum atomic E-state index is 0.0653. The van der Waals surface area contributed by atoms with E-state index in [0.717, 1.165) is 76.2 Å². The highest BCUT2D eigenvalue weighted by molar-refractivity contribution is 8.13. The van der Waals surface area contributed by atoms with Crippen molar-refractivity contribution in [3.05, 3.63) is 152 Å². The molecule has 0 unspecified atom stereocenters. The Bertz CT molecular complexity index is 2120. The van der Waals surface area contributed by atoms with Gasteiger partial charge in [-0.15, -0.1) is 0 Å². The summed E-state index contributed by atoms with van der Waals surface area (Å²) in [6.07, 6.45) is 4.20. The lowest BCUT2D eigenvalue weighted by Gasteiger charge is -2.07. The molecule has 0 fully saturated rings. The number of H-pyrrole nitrogens is 4. The van der Waals surface area contributed by atoms with Crippen LogP contribution >= 0.6 is 23.5 Å². The molecule has 4 aromatic heterocycles. The van der Waals surface area contributed by atoms with Crippen molar-refractivity contribution in [1.29, 1.82) is 0 Å². The minimum absolute atomic E-state index is 0.0653. The molecule has 8 bridgehead atoms. The summed E-state index contributed by atoms with van der Waals surface area (Å²) in [5, 5.41) is 4.02. The fraction of sp³-hybridized carbons (Fsp3) is 0.0556. The predicted molar refractivity (Wildman–Crippen MR) is 178 cm³/mol. The largest absolute Gasteiger partial charge is 0.355 e. The number of thioether (sulfide) groups is 2. The first-order valence-electron chi connectivity index (χ1n) is 14.2. The lowest BCUT2D eigenvalue weighted by atomic mass is 10.0. The van der Waals surface area contributed by atoms with Gasteiger partial charge in [-0.2, -0.15) is 0 Å². The van der Waals surface area contributed by atoms with Crippen LogP contribution in [0, 0.1) is 0 Å². The van der Waals surface area contributed by atoms with E-state index in [0.29, 0.717) is 0 Å². The Morgan fingerprint density at radius 2 is 0.886 bits per heavy atom. The van der Waals surface area contributed by atoms with Crippen LogP contribution in [0.5, 0.6) is 0 Å². The summed E-state index contributed by atoms with van der Waals surface area (Å²) in [4.78, 5) is 39.5. The Hall–Kier alpha value is -4.92. The van der Waals surface area contributed by atoms with E-state index in [2.05, 4.69) is 105 Å². The zero-order chi connectivity index (χ0) is 30.2. The number of carbonyl (C=O) groups is 2. The molecule has 0 aliphatic carbocycles. The van der Waals surface area contributed by atoms with Crippen LogP contribution in [-0.2, 0) is 9.59 Å². The molecule has 216 valence electrons. The van der Waals surface area contributed by atoms with E-state index in [1.54, 1.807) is 13.8 Å². The van der Waals surface area contributed by atoms with E-state index in [4.69, 9.17) is 0 Å². The minimum Gasteiger partial charge on any atom is -0.355 e. The smallest absolute Gasteiger partial charge is 0.190 e. The second-order valence-electron chi connectivity index (χ2n) is 10.6. The third-order valence-corrected chi connectivity index (χ3v) is 8.93. The van der Waals surface area contributed by atoms with Crippen LogP contribution in [0.15, 0.2) is 107 Å². The third-order valence-electron chi connectivity index (χ3n) is 7.34. The lowest BCUT2D eigenvalue weighted by Crippen LogP contribution is -2.15. The van der Waals surface area contributed by atoms with E-state index in [-0.39, 0.29) is 10.2 Å². The van der Waals surface area contributed by atoms with Crippen LogP contribution in [0.1, 0.15) is 47.8 Å². The molecule has 0 saturated carbocycles. The number of benzene rings is 2. The molecule has 0 atom stereocenters. The summed E-state index contributed by atoms with van der Waals surface area (Å²) in [5.41, 5.74) is 8.05. The summed E-state index contributed by atoms with van der Waals surface area (Å²) in [5.74, 6) is 0. The first kappa shape index (κ1) is 27.9. The molecule has 0 amide bonds. The van der Waals surface area contributed by atoms with Gasteiger partial charge in [0, 0.05) is 79.0 Å². The van der Waals surface area contributed by atoms with Gasteiger partial charge in [-0.25, -0.2) is 0 Å². The molecule has 2 aromatic carbocycles. The molecule has 6 nitrogen and oxygen atoms in total. The zero-order valence-electron chi connectivity index (χ0n) is 24.0. The summed E-state index contributed by atoms with van der Waals surface area (Å²) >= 11 is 2.47. The quantitative estimate of drug-likeness (QED) is 0.216. The molecule has 6 aromatic rings. The zero-order valence-corrected chi connectivity index (χ0v) is 25.7. The number of hydrogen-bond donors (Lipinski definition) is 4. The van der Waals surface area contributed by atoms with Crippen molar-refractivity contribution in [2.45, 2.75) is 23.6 Å². The molecule has 0 radical (unpaired) electrons. The van der Waals surface area contributed by atoms with Gasteiger partial charge >= 0.3 is 0 Å². The van der Waals surface area contributed by atoms with Gasteiger partial charge in [0.15, 0.2) is 10.2 Å². The van der Waals surface area contributed by atoms with E-state index in [9.17, 15) is 9.59 Å². The summed E-state index contributed by atoms with van der Waals surface area (Å²) in [6.45, 7) is 3.16. The number of hydrogen-bond acceptors (Lipinski definition) is 4. The first-order chi connectivity index (χ1) is 21.4. The van der Waals surface area contributed by atoms with Gasteiger partial charge in [0.1, 0.15) is 0 Å². The highest BCUT2D eigenvalue weighted by atomic mass is 32.2. The molecular formula is C36H28N4O2S2. The van der Waals surface area contributed by atoms with Crippen LogP contribution in [-0.4, -0.2) is 30.2 Å². The first-order valence-corrected chi connectivity index (χ1v) is 15.8. The fourth-order valence-corrected chi connectivity index (χ4v) is 6.73. The molecule has 44 heavy (non-hydrogen) atoms. The Labute approximate surface area is 261 Å². The Morgan fingerprint density at radius 1 is 0.477 bits per heavy atom. The second-order valence-corrected chi connectivity index (χ2v) is 13.1. The maximum Gasteiger partial charge on any atom is 0.190 e. The number of rotatable bonds is 4. The molecule has 5 heterocycles. The van der Waals surface area contributed by atoms with E-state index < -0.39 is 0 Å². The summed E-state index contributed by atoms with van der Waals surface area (Å²) in [7, 11) is 0. The SMILES string of the molecule is CC(=O)Sc1ccc(C2=c3ccc([nH]3)=Cc3ccc([nH]3)C(c3ccc(SC(C)=O)cc3)=c3ccc([nH]3)=Cc3ccc2[nH]3)cc1. The van der Waals surface area contributed by atoms with Gasteiger partial charge in [0.2, 0.25) is 0 Å². The third kappa shape index (κ3) is 5.82. The maximum atomic E-state index is 11.6. The van der Waals surface area contributed by atoms with Crippen LogP contribution < -0.4 is 21.4 Å². The van der Waals surface area contributed by atoms with Gasteiger partial charge in [0.25, 0.3) is 0 Å². The van der Waals surface area contributed by atoms with Gasteiger partial charge in [0.05, 0.1) is 0 Å². The molecule has 8 heteroatoms. The topological polar surface area (TPSA) is 97.3 Å². The Kier molecular flexibility index (Phi) is 7.37. The molecule has 0 spiro atoms. The number of aromatic nitrogens is 4. The summed E-state index contributed by atoms with van der Waals surface area (Å²) < 4.78 is 0. The lowest BCUT2D eigenvalue weighted by molar-refractivity contribution is -0.109. The van der Waals surface area contributed by atoms with Crippen molar-refractivity contribution in [3.63, 3.8) is 0 Å². The van der Waals surface area contributed by atoms with E-state index in [1.165, 1.54) is 23.5 Å². The number of nitrogens with one attached hydrogen (secondary N) is 4. The van der Waals surface area contributed by atoms with Crippen molar-refractivity contribution in [2.75, 3.05) is 0 Å². The van der Waals surface area contributed by atoms with E-state index in [1.807, 2.05) is 24.3 Å². The maximum absolute atomic E-state index is 11.6. The number of fused-ring (bicyclic) bond motifs is 8. The average Bonchev–Trinajstić information content (AvgIpc) is 3.81. The fourth-order valence-electron chi connectivity index (χ4n) is 5.53. The standard InChI is InChI=1S/C36H28N4O2S2/c1-21(41)43-29-11-3-23(4-12-29)35-31-15-7-25(37-31)19-27-9-17-33(39-27)36(24-5-13-30(14-6-24)44-22(2)42)34-18-10-28(40-34)20-26-8-16-32(35)38-26/h3-20,37-40H,1-2H3. The normalized spacial score (nSPS) is 12.5. The van der Waals surface area contributed by atoms with Crippen molar-refractivity contribution in [2.24, 2.45) is 0 Å². The van der Waals surface area contributed by atoms with Crippen molar-refractivity contribution in [1.82, 2.24) is 19.9 Å². The molecule has 0 saturated heterocycles. The Balaban J connectivity index is 1.41. The highest BCUT2D eigenvalue weighted by Crippen LogP contribution is 2.26. The molecule has 1 aliphatic rings. The Morgan fingerprint density at radius 3 is 1.27 bits per heavy atom. The highest BCUT2D eigenvalue weighted by Gasteiger charge is 2.13. The molecular weight excluding hydrogens is 585 g/mol. The second kappa shape index (κ2) is 11.6. The number of aromatic amines is 4. The van der Waals surface area contributed by atoms with Crippen LogP contribution in [0.2, 0.25) is 0 Å². The average molecular weight is 613 g/mol. The number of carbonyl (C=O) groups excluding carboxylic acids is 2. The van der Waals surface area contributed by atoms with Gasteiger partial charge < -0.3 is 19.9 Å². The van der Waals surface area contributed by atoms with E-state index >= 15 is 0 Å². The predicted octanol–water partition coefficient (Wildman–Crippen LogP) is 4.74. The summed E-state index contributed by atoms with van der Waals surface area (Å²) in [6, 6.07) is 32.9. The van der Waals surface area contributed by atoms with Gasteiger partial charge in [-0.3, -0.25) is 9.59 Å². The molecule has 7 rings (SSSR count). The van der Waals surface area contributed by atoms with Gasteiger partial charge in [-0.05, 0) is 96.1 Å².